The SMILES string of the molecule is CC(=O)Nc1ccc(S(=O)(=O)C[C@](C)(O)C(=O)Nc2ccc(C#N)c(C(F)(F)F)c2)cc1. The summed E-state index contributed by atoms with van der Waals surface area (Å²) in [6.45, 7) is 2.17. The lowest BCUT2D eigenvalue weighted by atomic mass is 10.1. The number of alkyl halides is 3. The van der Waals surface area contributed by atoms with Crippen LogP contribution in [0.25, 0.3) is 0 Å². The Morgan fingerprint density at radius 2 is 1.62 bits per heavy atom. The van der Waals surface area contributed by atoms with E-state index in [1.807, 2.05) is 5.32 Å². The lowest BCUT2D eigenvalue weighted by molar-refractivity contribution is -0.137. The fraction of sp³-hybridized carbons (Fsp3) is 0.250. The quantitative estimate of drug-likeness (QED) is 0.595. The van der Waals surface area contributed by atoms with Crippen molar-refractivity contribution in [3.63, 3.8) is 0 Å². The van der Waals surface area contributed by atoms with Crippen LogP contribution in [0.3, 0.4) is 0 Å². The fourth-order valence-corrected chi connectivity index (χ4v) is 4.28. The molecule has 2 aromatic rings. The Labute approximate surface area is 181 Å². The Kier molecular flexibility index (Phi) is 6.97. The van der Waals surface area contributed by atoms with E-state index >= 15 is 0 Å². The minimum absolute atomic E-state index is 0.239. The number of hydrogen-bond donors (Lipinski definition) is 3. The van der Waals surface area contributed by atoms with Gasteiger partial charge < -0.3 is 15.7 Å². The van der Waals surface area contributed by atoms with Gasteiger partial charge in [0.25, 0.3) is 5.91 Å². The molecule has 3 N–H and O–H groups in total. The average Bonchev–Trinajstić information content (AvgIpc) is 2.66. The second-order valence-electron chi connectivity index (χ2n) is 7.06. The maximum atomic E-state index is 13.1. The van der Waals surface area contributed by atoms with Gasteiger partial charge in [-0.2, -0.15) is 18.4 Å². The molecule has 0 radical (unpaired) electrons. The zero-order valence-electron chi connectivity index (χ0n) is 16.8. The summed E-state index contributed by atoms with van der Waals surface area (Å²) in [5.74, 6) is -2.68. The number of carbonyl (C=O) groups excluding carboxylic acids is 2. The lowest BCUT2D eigenvalue weighted by Crippen LogP contribution is -2.45. The predicted molar refractivity (Wildman–Crippen MR) is 108 cm³/mol. The average molecular weight is 469 g/mol. The molecule has 170 valence electrons. The highest BCUT2D eigenvalue weighted by molar-refractivity contribution is 7.91. The molecule has 0 aliphatic rings. The van der Waals surface area contributed by atoms with Gasteiger partial charge in [-0.25, -0.2) is 8.42 Å². The van der Waals surface area contributed by atoms with Crippen molar-refractivity contribution in [2.75, 3.05) is 16.4 Å². The maximum absolute atomic E-state index is 13.1. The third-order valence-corrected chi connectivity index (χ3v) is 6.13. The number of rotatable bonds is 6. The standard InChI is InChI=1S/C20H18F3N3O5S/c1-12(27)25-14-5-7-16(8-6-14)32(30,31)11-19(2,29)18(28)26-15-4-3-13(10-24)17(9-15)20(21,22)23/h3-9,29H,11H2,1-2H3,(H,25,27)(H,26,28)/t19-/m0/s1. The van der Waals surface area contributed by atoms with E-state index in [4.69, 9.17) is 5.26 Å². The summed E-state index contributed by atoms with van der Waals surface area (Å²) in [5.41, 5.74) is -4.49. The minimum Gasteiger partial charge on any atom is -0.379 e. The number of carbonyl (C=O) groups is 2. The highest BCUT2D eigenvalue weighted by Crippen LogP contribution is 2.33. The highest BCUT2D eigenvalue weighted by Gasteiger charge is 2.38. The summed E-state index contributed by atoms with van der Waals surface area (Å²) in [6, 6.07) is 8.76. The van der Waals surface area contributed by atoms with Crippen LogP contribution >= 0.6 is 0 Å². The third kappa shape index (κ3) is 6.05. The van der Waals surface area contributed by atoms with Crippen molar-refractivity contribution in [1.29, 1.82) is 5.26 Å². The van der Waals surface area contributed by atoms with Crippen molar-refractivity contribution < 1.29 is 36.3 Å². The van der Waals surface area contributed by atoms with Gasteiger partial charge in [-0.1, -0.05) is 0 Å². The molecule has 12 heteroatoms. The van der Waals surface area contributed by atoms with Crippen molar-refractivity contribution in [3.05, 3.63) is 53.6 Å². The molecule has 0 unspecified atom stereocenters. The first kappa shape index (κ1) is 24.8. The Morgan fingerprint density at radius 1 is 1.06 bits per heavy atom. The van der Waals surface area contributed by atoms with Crippen LogP contribution in [0, 0.1) is 11.3 Å². The van der Waals surface area contributed by atoms with Crippen molar-refractivity contribution in [3.8, 4) is 6.07 Å². The van der Waals surface area contributed by atoms with Crippen LogP contribution in [0.2, 0.25) is 0 Å². The van der Waals surface area contributed by atoms with Crippen molar-refractivity contribution in [1.82, 2.24) is 0 Å². The number of nitrogens with one attached hydrogen (secondary N) is 2. The summed E-state index contributed by atoms with van der Waals surface area (Å²) in [6.07, 6.45) is -4.86. The molecule has 0 aliphatic carbocycles. The lowest BCUT2D eigenvalue weighted by Gasteiger charge is -2.22. The van der Waals surface area contributed by atoms with Gasteiger partial charge in [-0.15, -0.1) is 0 Å². The van der Waals surface area contributed by atoms with E-state index in [2.05, 4.69) is 5.32 Å². The van der Waals surface area contributed by atoms with Crippen LogP contribution in [-0.4, -0.2) is 36.7 Å². The largest absolute Gasteiger partial charge is 0.417 e. The normalized spacial score (nSPS) is 13.5. The summed E-state index contributed by atoms with van der Waals surface area (Å²) in [4.78, 5) is 23.2. The molecule has 2 rings (SSSR count). The smallest absolute Gasteiger partial charge is 0.379 e. The monoisotopic (exact) mass is 469 g/mol. The first-order valence-electron chi connectivity index (χ1n) is 8.91. The Morgan fingerprint density at radius 3 is 2.12 bits per heavy atom. The number of sulfone groups is 1. The fourth-order valence-electron chi connectivity index (χ4n) is 2.69. The molecular weight excluding hydrogens is 451 g/mol. The summed E-state index contributed by atoms with van der Waals surface area (Å²) < 4.78 is 64.4. The molecule has 0 saturated carbocycles. The second-order valence-corrected chi connectivity index (χ2v) is 9.05. The van der Waals surface area contributed by atoms with Gasteiger partial charge in [0.05, 0.1) is 27.8 Å². The highest BCUT2D eigenvalue weighted by atomic mass is 32.2. The van der Waals surface area contributed by atoms with Gasteiger partial charge in [0.2, 0.25) is 5.91 Å². The van der Waals surface area contributed by atoms with Gasteiger partial charge in [0, 0.05) is 18.3 Å². The van der Waals surface area contributed by atoms with Crippen LogP contribution < -0.4 is 10.6 Å². The molecule has 0 bridgehead atoms. The van der Waals surface area contributed by atoms with Crippen molar-refractivity contribution in [2.45, 2.75) is 30.5 Å². The Bertz CT molecular complexity index is 1180. The summed E-state index contributed by atoms with van der Waals surface area (Å²) >= 11 is 0. The van der Waals surface area contributed by atoms with E-state index in [0.717, 1.165) is 19.1 Å². The molecule has 8 nitrogen and oxygen atoms in total. The van der Waals surface area contributed by atoms with E-state index in [1.54, 1.807) is 0 Å². The number of nitriles is 1. The molecule has 0 fully saturated rings. The maximum Gasteiger partial charge on any atom is 0.417 e. The molecular formula is C20H18F3N3O5S. The second kappa shape index (κ2) is 8.97. The van der Waals surface area contributed by atoms with Gasteiger partial charge in [0.15, 0.2) is 15.4 Å². The summed E-state index contributed by atoms with van der Waals surface area (Å²) in [7, 11) is -4.19. The molecule has 0 aromatic heterocycles. The van der Waals surface area contributed by atoms with E-state index in [0.29, 0.717) is 11.8 Å². The molecule has 0 saturated heterocycles. The van der Waals surface area contributed by atoms with Crippen molar-refractivity contribution >= 4 is 33.0 Å². The van der Waals surface area contributed by atoms with Crippen molar-refractivity contribution in [2.24, 2.45) is 0 Å². The van der Waals surface area contributed by atoms with E-state index in [9.17, 15) is 36.3 Å². The Balaban J connectivity index is 2.22. The number of nitrogens with zero attached hydrogens (tertiary/aromatic N) is 1. The molecule has 0 aliphatic heterocycles. The first-order chi connectivity index (χ1) is 14.7. The number of amides is 2. The molecule has 0 heterocycles. The van der Waals surface area contributed by atoms with E-state index < -0.39 is 44.4 Å². The zero-order valence-corrected chi connectivity index (χ0v) is 17.6. The number of anilines is 2. The molecule has 32 heavy (non-hydrogen) atoms. The zero-order chi connectivity index (χ0) is 24.3. The number of aliphatic hydroxyl groups is 1. The van der Waals surface area contributed by atoms with E-state index in [-0.39, 0.29) is 16.5 Å². The van der Waals surface area contributed by atoms with Gasteiger partial charge >= 0.3 is 6.18 Å². The van der Waals surface area contributed by atoms with Gasteiger partial charge in [0.1, 0.15) is 0 Å². The van der Waals surface area contributed by atoms with E-state index in [1.165, 1.54) is 37.3 Å². The van der Waals surface area contributed by atoms with Crippen LogP contribution in [0.4, 0.5) is 24.5 Å². The van der Waals surface area contributed by atoms with Gasteiger partial charge in [-0.05, 0) is 49.4 Å². The number of benzene rings is 2. The van der Waals surface area contributed by atoms with Crippen LogP contribution in [0.15, 0.2) is 47.4 Å². The molecule has 1 atom stereocenters. The van der Waals surface area contributed by atoms with Crippen LogP contribution in [-0.2, 0) is 25.6 Å². The number of halogens is 3. The number of hydrogen-bond acceptors (Lipinski definition) is 6. The summed E-state index contributed by atoms with van der Waals surface area (Å²) in [5, 5.41) is 23.7. The minimum atomic E-state index is -4.86. The molecule has 2 aromatic carbocycles. The molecule has 0 spiro atoms. The van der Waals surface area contributed by atoms with Gasteiger partial charge in [-0.3, -0.25) is 9.59 Å². The topological polar surface area (TPSA) is 136 Å². The molecule has 2 amide bonds. The third-order valence-electron chi connectivity index (χ3n) is 4.20. The predicted octanol–water partition coefficient (Wildman–Crippen LogP) is 2.70. The van der Waals surface area contributed by atoms with Crippen LogP contribution in [0.5, 0.6) is 0 Å². The first-order valence-corrected chi connectivity index (χ1v) is 10.6. The Hall–Kier alpha value is -3.43. The van der Waals surface area contributed by atoms with Crippen LogP contribution in [0.1, 0.15) is 25.0 Å².